The van der Waals surface area contributed by atoms with Gasteiger partial charge in [-0.25, -0.2) is 14.0 Å². The number of benzene rings is 2. The van der Waals surface area contributed by atoms with Crippen molar-refractivity contribution in [3.8, 4) is 0 Å². The van der Waals surface area contributed by atoms with Crippen molar-refractivity contribution in [2.45, 2.75) is 0 Å². The largest absolute Gasteiger partial charge is 0.465 e. The molecule has 2 amide bonds. The molecule has 2 aromatic carbocycles. The first-order chi connectivity index (χ1) is 10.1. The van der Waals surface area contributed by atoms with Gasteiger partial charge in [-0.2, -0.15) is 0 Å². The van der Waals surface area contributed by atoms with E-state index in [4.69, 9.17) is 0 Å². The number of urea groups is 1. The summed E-state index contributed by atoms with van der Waals surface area (Å²) in [6.45, 7) is 0. The highest BCUT2D eigenvalue weighted by molar-refractivity contribution is 6.04. The lowest BCUT2D eigenvalue weighted by atomic mass is 10.2. The number of nitrogens with one attached hydrogen (secondary N) is 2. The predicted molar refractivity (Wildman–Crippen MR) is 76.8 cm³/mol. The Morgan fingerprint density at radius 2 is 1.81 bits per heavy atom. The smallest absolute Gasteiger partial charge is 0.339 e. The molecule has 0 bridgehead atoms. The van der Waals surface area contributed by atoms with Crippen LogP contribution in [-0.4, -0.2) is 19.1 Å². The second-order valence-electron chi connectivity index (χ2n) is 4.13. The molecule has 0 saturated carbocycles. The molecule has 0 atom stereocenters. The molecular weight excluding hydrogens is 275 g/mol. The second kappa shape index (κ2) is 6.51. The quantitative estimate of drug-likeness (QED) is 0.852. The van der Waals surface area contributed by atoms with Gasteiger partial charge in [0.05, 0.1) is 18.4 Å². The highest BCUT2D eigenvalue weighted by atomic mass is 19.1. The monoisotopic (exact) mass is 288 g/mol. The first-order valence-electron chi connectivity index (χ1n) is 6.11. The van der Waals surface area contributed by atoms with Gasteiger partial charge in [0.25, 0.3) is 0 Å². The highest BCUT2D eigenvalue weighted by Gasteiger charge is 2.13. The number of para-hydroxylation sites is 1. The van der Waals surface area contributed by atoms with Crippen molar-refractivity contribution in [2.24, 2.45) is 0 Å². The predicted octanol–water partition coefficient (Wildman–Crippen LogP) is 3.26. The average molecular weight is 288 g/mol. The lowest BCUT2D eigenvalue weighted by Gasteiger charge is -2.10. The molecule has 0 radical (unpaired) electrons. The van der Waals surface area contributed by atoms with Crippen LogP contribution in [0.4, 0.5) is 20.6 Å². The van der Waals surface area contributed by atoms with Gasteiger partial charge in [0.2, 0.25) is 0 Å². The maximum atomic E-state index is 13.0. The molecule has 0 fully saturated rings. The zero-order valence-electron chi connectivity index (χ0n) is 11.2. The van der Waals surface area contributed by atoms with E-state index >= 15 is 0 Å². The number of carbonyl (C=O) groups excluding carboxylic acids is 2. The summed E-state index contributed by atoms with van der Waals surface area (Å²) in [6, 6.07) is 11.3. The van der Waals surface area contributed by atoms with Crippen molar-refractivity contribution in [1.82, 2.24) is 0 Å². The Morgan fingerprint density at radius 1 is 1.05 bits per heavy atom. The molecule has 6 heteroatoms. The molecule has 0 heterocycles. The van der Waals surface area contributed by atoms with Crippen molar-refractivity contribution < 1.29 is 18.7 Å². The van der Waals surface area contributed by atoms with E-state index in [0.717, 1.165) is 0 Å². The molecule has 0 saturated heterocycles. The molecule has 0 unspecified atom stereocenters. The van der Waals surface area contributed by atoms with E-state index in [1.165, 1.54) is 31.4 Å². The molecule has 0 spiro atoms. The second-order valence-corrected chi connectivity index (χ2v) is 4.13. The van der Waals surface area contributed by atoms with Gasteiger partial charge in [-0.15, -0.1) is 0 Å². The molecule has 108 valence electrons. The van der Waals surface area contributed by atoms with Crippen molar-refractivity contribution in [3.05, 3.63) is 59.9 Å². The minimum absolute atomic E-state index is 0.231. The summed E-state index contributed by atoms with van der Waals surface area (Å²) in [6.07, 6.45) is 0. The minimum Gasteiger partial charge on any atom is -0.465 e. The number of amides is 2. The van der Waals surface area contributed by atoms with Crippen LogP contribution in [0.25, 0.3) is 0 Å². The molecule has 0 aliphatic carbocycles. The Morgan fingerprint density at radius 3 is 2.52 bits per heavy atom. The fourth-order valence-electron chi connectivity index (χ4n) is 1.73. The molecule has 5 nitrogen and oxygen atoms in total. The molecular formula is C15H13FN2O3. The number of methoxy groups -OCH3 is 1. The Balaban J connectivity index is 2.11. The minimum atomic E-state index is -0.586. The van der Waals surface area contributed by atoms with Crippen molar-refractivity contribution in [3.63, 3.8) is 0 Å². The van der Waals surface area contributed by atoms with Crippen LogP contribution in [0.5, 0.6) is 0 Å². The van der Waals surface area contributed by atoms with Gasteiger partial charge in [0.15, 0.2) is 0 Å². The summed E-state index contributed by atoms with van der Waals surface area (Å²) >= 11 is 0. The lowest BCUT2D eigenvalue weighted by molar-refractivity contribution is 0.0602. The first-order valence-corrected chi connectivity index (χ1v) is 6.11. The van der Waals surface area contributed by atoms with Crippen LogP contribution in [0, 0.1) is 5.82 Å². The van der Waals surface area contributed by atoms with Crippen LogP contribution in [0.1, 0.15) is 10.4 Å². The Kier molecular flexibility index (Phi) is 4.50. The third kappa shape index (κ3) is 3.79. The molecule has 0 aliphatic heterocycles. The molecule has 0 aromatic heterocycles. The van der Waals surface area contributed by atoms with E-state index in [9.17, 15) is 14.0 Å². The van der Waals surface area contributed by atoms with Crippen molar-refractivity contribution >= 4 is 23.4 Å². The third-order valence-corrected chi connectivity index (χ3v) is 2.66. The van der Waals surface area contributed by atoms with Crippen LogP contribution >= 0.6 is 0 Å². The van der Waals surface area contributed by atoms with E-state index < -0.39 is 17.8 Å². The van der Waals surface area contributed by atoms with Gasteiger partial charge in [0.1, 0.15) is 5.82 Å². The van der Waals surface area contributed by atoms with Gasteiger partial charge in [-0.1, -0.05) is 18.2 Å². The maximum Gasteiger partial charge on any atom is 0.339 e. The summed E-state index contributed by atoms with van der Waals surface area (Å²) in [4.78, 5) is 23.4. The summed E-state index contributed by atoms with van der Waals surface area (Å²) in [5.41, 5.74) is 0.843. The number of ether oxygens (including phenoxy) is 1. The lowest BCUT2D eigenvalue weighted by Crippen LogP contribution is -2.21. The zero-order valence-corrected chi connectivity index (χ0v) is 11.2. The van der Waals surface area contributed by atoms with E-state index in [1.54, 1.807) is 24.3 Å². The van der Waals surface area contributed by atoms with Gasteiger partial charge in [-0.05, 0) is 30.3 Å². The van der Waals surface area contributed by atoms with Gasteiger partial charge < -0.3 is 15.4 Å². The fraction of sp³-hybridized carbons (Fsp3) is 0.0667. The summed E-state index contributed by atoms with van der Waals surface area (Å²) in [5.74, 6) is -1.01. The van der Waals surface area contributed by atoms with Crippen molar-refractivity contribution in [1.29, 1.82) is 0 Å². The average Bonchev–Trinajstić information content (AvgIpc) is 2.47. The third-order valence-electron chi connectivity index (χ3n) is 2.66. The van der Waals surface area contributed by atoms with Crippen LogP contribution in [0.2, 0.25) is 0 Å². The SMILES string of the molecule is COC(=O)c1ccccc1NC(=O)Nc1cccc(F)c1. The first kappa shape index (κ1) is 14.5. The number of anilines is 2. The zero-order chi connectivity index (χ0) is 15.2. The summed E-state index contributed by atoms with van der Waals surface area (Å²) in [7, 11) is 1.26. The summed E-state index contributed by atoms with van der Waals surface area (Å²) in [5, 5.41) is 4.99. The van der Waals surface area contributed by atoms with Crippen LogP contribution < -0.4 is 10.6 Å². The molecule has 2 N–H and O–H groups in total. The van der Waals surface area contributed by atoms with Gasteiger partial charge >= 0.3 is 12.0 Å². The Labute approximate surface area is 120 Å². The highest BCUT2D eigenvalue weighted by Crippen LogP contribution is 2.17. The standard InChI is InChI=1S/C15H13FN2O3/c1-21-14(19)12-7-2-3-8-13(12)18-15(20)17-11-6-4-5-10(16)9-11/h2-9H,1H3,(H2,17,18,20). The number of hydrogen-bond acceptors (Lipinski definition) is 3. The Bertz CT molecular complexity index is 673. The molecule has 2 rings (SSSR count). The number of carbonyl (C=O) groups is 2. The normalized spacial score (nSPS) is 9.81. The van der Waals surface area contributed by atoms with Gasteiger partial charge in [0, 0.05) is 5.69 Å². The molecule has 21 heavy (non-hydrogen) atoms. The van der Waals surface area contributed by atoms with E-state index in [2.05, 4.69) is 15.4 Å². The van der Waals surface area contributed by atoms with E-state index in [0.29, 0.717) is 11.4 Å². The molecule has 0 aliphatic rings. The topological polar surface area (TPSA) is 67.4 Å². The molecule has 2 aromatic rings. The van der Waals surface area contributed by atoms with Crippen LogP contribution in [0.3, 0.4) is 0 Å². The number of rotatable bonds is 3. The number of esters is 1. The Hall–Kier alpha value is -2.89. The van der Waals surface area contributed by atoms with Crippen LogP contribution in [-0.2, 0) is 4.74 Å². The summed E-state index contributed by atoms with van der Waals surface area (Å²) < 4.78 is 17.7. The number of hydrogen-bond donors (Lipinski definition) is 2. The van der Waals surface area contributed by atoms with Gasteiger partial charge in [-0.3, -0.25) is 0 Å². The fourth-order valence-corrected chi connectivity index (χ4v) is 1.73. The van der Waals surface area contributed by atoms with Crippen molar-refractivity contribution in [2.75, 3.05) is 17.7 Å². The number of halogens is 1. The van der Waals surface area contributed by atoms with E-state index in [1.807, 2.05) is 0 Å². The maximum absolute atomic E-state index is 13.0. The van der Waals surface area contributed by atoms with Crippen LogP contribution in [0.15, 0.2) is 48.5 Å². The van der Waals surface area contributed by atoms with E-state index in [-0.39, 0.29) is 5.56 Å².